The van der Waals surface area contributed by atoms with Crippen LogP contribution < -0.4 is 5.32 Å². The Balaban J connectivity index is 1.67. The first-order valence-corrected chi connectivity index (χ1v) is 9.44. The second-order valence-electron chi connectivity index (χ2n) is 6.47. The molecule has 0 fully saturated rings. The van der Waals surface area contributed by atoms with Gasteiger partial charge < -0.3 is 5.32 Å². The van der Waals surface area contributed by atoms with Gasteiger partial charge in [0.2, 0.25) is 0 Å². The van der Waals surface area contributed by atoms with Gasteiger partial charge in [-0.25, -0.2) is 4.98 Å². The summed E-state index contributed by atoms with van der Waals surface area (Å²) in [5.41, 5.74) is 4.37. The summed E-state index contributed by atoms with van der Waals surface area (Å²) in [4.78, 5) is 13.2. The molecule has 0 aliphatic rings. The third-order valence-electron chi connectivity index (χ3n) is 4.60. The first-order chi connectivity index (χ1) is 13.8. The summed E-state index contributed by atoms with van der Waals surface area (Å²) in [6.45, 7) is 0. The minimum absolute atomic E-state index is 0.136. The Labute approximate surface area is 169 Å². The van der Waals surface area contributed by atoms with Crippen LogP contribution in [-0.2, 0) is 6.42 Å². The van der Waals surface area contributed by atoms with E-state index in [9.17, 15) is 0 Å². The molecule has 0 aliphatic carbocycles. The molecule has 0 saturated heterocycles. The van der Waals surface area contributed by atoms with Crippen molar-refractivity contribution in [1.29, 1.82) is 0 Å². The molecule has 4 nitrogen and oxygen atoms in total. The SMILES string of the molecule is Clc1ccc(Nc2ncccc2CC(c2cccnc2)c2cccnc2)cc1. The van der Waals surface area contributed by atoms with Crippen molar-refractivity contribution in [3.63, 3.8) is 0 Å². The van der Waals surface area contributed by atoms with Crippen LogP contribution in [0.1, 0.15) is 22.6 Å². The van der Waals surface area contributed by atoms with Gasteiger partial charge in [-0.2, -0.15) is 0 Å². The van der Waals surface area contributed by atoms with Crippen LogP contribution in [0.3, 0.4) is 0 Å². The highest BCUT2D eigenvalue weighted by Gasteiger charge is 2.18. The minimum atomic E-state index is 0.136. The molecule has 1 aromatic carbocycles. The lowest BCUT2D eigenvalue weighted by Crippen LogP contribution is -2.08. The second kappa shape index (κ2) is 8.63. The summed E-state index contributed by atoms with van der Waals surface area (Å²) in [6, 6.07) is 19.8. The minimum Gasteiger partial charge on any atom is -0.340 e. The van der Waals surface area contributed by atoms with Crippen molar-refractivity contribution in [1.82, 2.24) is 15.0 Å². The number of nitrogens with zero attached hydrogens (tertiary/aromatic N) is 3. The largest absolute Gasteiger partial charge is 0.340 e. The Bertz CT molecular complexity index is 982. The van der Waals surface area contributed by atoms with Gasteiger partial charge in [0.05, 0.1) is 0 Å². The van der Waals surface area contributed by atoms with Crippen LogP contribution in [0.5, 0.6) is 0 Å². The van der Waals surface area contributed by atoms with E-state index in [0.717, 1.165) is 34.6 Å². The number of anilines is 2. The number of hydrogen-bond acceptors (Lipinski definition) is 4. The van der Waals surface area contributed by atoms with E-state index in [1.54, 1.807) is 18.6 Å². The summed E-state index contributed by atoms with van der Waals surface area (Å²) in [5, 5.41) is 4.12. The van der Waals surface area contributed by atoms with Crippen molar-refractivity contribution in [2.45, 2.75) is 12.3 Å². The van der Waals surface area contributed by atoms with Crippen LogP contribution in [-0.4, -0.2) is 15.0 Å². The Morgan fingerprint density at radius 1 is 0.786 bits per heavy atom. The van der Waals surface area contributed by atoms with Gasteiger partial charge in [-0.15, -0.1) is 0 Å². The van der Waals surface area contributed by atoms with Gasteiger partial charge in [0, 0.05) is 47.6 Å². The Kier molecular flexibility index (Phi) is 5.59. The molecular formula is C23H19ClN4. The number of hydrogen-bond donors (Lipinski definition) is 1. The van der Waals surface area contributed by atoms with E-state index >= 15 is 0 Å². The topological polar surface area (TPSA) is 50.7 Å². The van der Waals surface area contributed by atoms with Gasteiger partial charge in [-0.3, -0.25) is 9.97 Å². The van der Waals surface area contributed by atoms with Crippen molar-refractivity contribution in [3.05, 3.63) is 113 Å². The van der Waals surface area contributed by atoms with Crippen molar-refractivity contribution in [2.75, 3.05) is 5.32 Å². The van der Waals surface area contributed by atoms with Crippen LogP contribution in [0, 0.1) is 0 Å². The molecule has 3 aromatic heterocycles. The van der Waals surface area contributed by atoms with Crippen molar-refractivity contribution >= 4 is 23.1 Å². The lowest BCUT2D eigenvalue weighted by atomic mass is 9.87. The monoisotopic (exact) mass is 386 g/mol. The van der Waals surface area contributed by atoms with E-state index in [-0.39, 0.29) is 5.92 Å². The van der Waals surface area contributed by atoms with Gasteiger partial charge in [0.25, 0.3) is 0 Å². The van der Waals surface area contributed by atoms with E-state index in [1.807, 2.05) is 54.9 Å². The highest BCUT2D eigenvalue weighted by Crippen LogP contribution is 2.30. The number of aromatic nitrogens is 3. The Morgan fingerprint density at radius 3 is 2.04 bits per heavy atom. The molecule has 0 radical (unpaired) electrons. The molecule has 0 unspecified atom stereocenters. The molecule has 0 aliphatic heterocycles. The third-order valence-corrected chi connectivity index (χ3v) is 4.85. The highest BCUT2D eigenvalue weighted by atomic mass is 35.5. The number of halogens is 1. The zero-order chi connectivity index (χ0) is 19.2. The fourth-order valence-corrected chi connectivity index (χ4v) is 3.32. The van der Waals surface area contributed by atoms with Crippen LogP contribution in [0.25, 0.3) is 0 Å². The fraction of sp³-hybridized carbons (Fsp3) is 0.0870. The Morgan fingerprint density at radius 2 is 1.43 bits per heavy atom. The molecular weight excluding hydrogens is 368 g/mol. The fourth-order valence-electron chi connectivity index (χ4n) is 3.20. The molecule has 0 saturated carbocycles. The first-order valence-electron chi connectivity index (χ1n) is 9.06. The molecule has 4 rings (SSSR count). The molecule has 0 bridgehead atoms. The summed E-state index contributed by atoms with van der Waals surface area (Å²) in [6.07, 6.45) is 10.00. The number of nitrogens with one attached hydrogen (secondary N) is 1. The molecule has 0 amide bonds. The average molecular weight is 387 g/mol. The second-order valence-corrected chi connectivity index (χ2v) is 6.91. The van der Waals surface area contributed by atoms with Crippen LogP contribution in [0.2, 0.25) is 5.02 Å². The van der Waals surface area contributed by atoms with Crippen molar-refractivity contribution in [3.8, 4) is 0 Å². The normalized spacial score (nSPS) is 10.8. The van der Waals surface area contributed by atoms with E-state index in [0.29, 0.717) is 5.02 Å². The van der Waals surface area contributed by atoms with Crippen molar-refractivity contribution in [2.24, 2.45) is 0 Å². The van der Waals surface area contributed by atoms with Crippen molar-refractivity contribution < 1.29 is 0 Å². The maximum atomic E-state index is 6.00. The van der Waals surface area contributed by atoms with Gasteiger partial charge in [0.1, 0.15) is 5.82 Å². The lowest BCUT2D eigenvalue weighted by Gasteiger charge is -2.19. The summed E-state index contributed by atoms with van der Waals surface area (Å²) in [7, 11) is 0. The third kappa shape index (κ3) is 4.35. The number of pyridine rings is 3. The van der Waals surface area contributed by atoms with Crippen LogP contribution in [0.15, 0.2) is 91.6 Å². The molecule has 0 atom stereocenters. The van der Waals surface area contributed by atoms with E-state index in [4.69, 9.17) is 11.6 Å². The molecule has 4 aromatic rings. The zero-order valence-electron chi connectivity index (χ0n) is 15.2. The lowest BCUT2D eigenvalue weighted by molar-refractivity contribution is 0.793. The molecule has 1 N–H and O–H groups in total. The van der Waals surface area contributed by atoms with Gasteiger partial charge >= 0.3 is 0 Å². The van der Waals surface area contributed by atoms with E-state index in [2.05, 4.69) is 38.5 Å². The summed E-state index contributed by atoms with van der Waals surface area (Å²) < 4.78 is 0. The molecule has 3 heterocycles. The molecule has 138 valence electrons. The Hall–Kier alpha value is -3.24. The standard InChI is InChI=1S/C23H19ClN4/c24-20-7-9-21(10-8-20)28-23-17(4-3-13-27-23)14-22(18-5-1-11-25-15-18)19-6-2-12-26-16-19/h1-13,15-16,22H,14H2,(H,27,28). The summed E-state index contributed by atoms with van der Waals surface area (Å²) >= 11 is 6.00. The highest BCUT2D eigenvalue weighted by molar-refractivity contribution is 6.30. The molecule has 0 spiro atoms. The zero-order valence-corrected chi connectivity index (χ0v) is 15.9. The average Bonchev–Trinajstić information content (AvgIpc) is 2.76. The van der Waals surface area contributed by atoms with E-state index in [1.165, 1.54) is 0 Å². The first kappa shape index (κ1) is 18.1. The van der Waals surface area contributed by atoms with Crippen LogP contribution >= 0.6 is 11.6 Å². The number of rotatable bonds is 6. The smallest absolute Gasteiger partial charge is 0.133 e. The number of benzene rings is 1. The van der Waals surface area contributed by atoms with E-state index < -0.39 is 0 Å². The molecule has 28 heavy (non-hydrogen) atoms. The quantitative estimate of drug-likeness (QED) is 0.465. The summed E-state index contributed by atoms with van der Waals surface area (Å²) in [5.74, 6) is 0.972. The van der Waals surface area contributed by atoms with Gasteiger partial charge in [-0.1, -0.05) is 29.8 Å². The van der Waals surface area contributed by atoms with Crippen LogP contribution in [0.4, 0.5) is 11.5 Å². The van der Waals surface area contributed by atoms with Gasteiger partial charge in [0.15, 0.2) is 0 Å². The molecule has 5 heteroatoms. The van der Waals surface area contributed by atoms with Gasteiger partial charge in [-0.05, 0) is 65.6 Å². The predicted octanol–water partition coefficient (Wildman–Crippen LogP) is 5.64. The maximum Gasteiger partial charge on any atom is 0.133 e. The predicted molar refractivity (Wildman–Crippen MR) is 113 cm³/mol. The maximum absolute atomic E-state index is 6.00.